The van der Waals surface area contributed by atoms with E-state index in [9.17, 15) is 8.78 Å². The summed E-state index contributed by atoms with van der Waals surface area (Å²) in [5, 5.41) is 18.0. The predicted molar refractivity (Wildman–Crippen MR) is 99.3 cm³/mol. The Morgan fingerprint density at radius 2 is 1.61 bits per heavy atom. The second-order valence-electron chi connectivity index (χ2n) is 5.96. The molecule has 0 aliphatic heterocycles. The van der Waals surface area contributed by atoms with Crippen molar-refractivity contribution >= 4 is 11.5 Å². The maximum absolute atomic E-state index is 14.7. The lowest BCUT2D eigenvalue weighted by molar-refractivity contribution is 0.414. The average Bonchev–Trinajstić information content (AvgIpc) is 2.73. The van der Waals surface area contributed by atoms with Crippen LogP contribution >= 0.6 is 0 Å². The van der Waals surface area contributed by atoms with Gasteiger partial charge in [-0.2, -0.15) is 15.5 Å². The Labute approximate surface area is 160 Å². The summed E-state index contributed by atoms with van der Waals surface area (Å²) < 4.78 is 34.7. The van der Waals surface area contributed by atoms with Crippen molar-refractivity contribution in [2.24, 2.45) is 0 Å². The highest BCUT2D eigenvalue weighted by Crippen LogP contribution is 2.33. The fourth-order valence-corrected chi connectivity index (χ4v) is 2.56. The van der Waals surface area contributed by atoms with Gasteiger partial charge in [0.25, 0.3) is 5.88 Å². The number of benzene rings is 2. The van der Waals surface area contributed by atoms with Gasteiger partial charge in [-0.15, -0.1) is 0 Å². The lowest BCUT2D eigenvalue weighted by Crippen LogP contribution is -2.15. The molecule has 28 heavy (non-hydrogen) atoms. The summed E-state index contributed by atoms with van der Waals surface area (Å²) in [5.41, 5.74) is 0.990. The minimum absolute atomic E-state index is 0.152. The van der Waals surface area contributed by atoms with Gasteiger partial charge in [0.15, 0.2) is 17.5 Å². The van der Waals surface area contributed by atoms with Crippen molar-refractivity contribution in [2.75, 3.05) is 11.9 Å². The SMILES string of the molecule is Cc1c(F)c(Oc2cccc(C#N)c2)nc(N(C)c2cccc(C#N)c2)c1F. The van der Waals surface area contributed by atoms with Gasteiger partial charge in [0, 0.05) is 18.3 Å². The van der Waals surface area contributed by atoms with E-state index in [-0.39, 0.29) is 17.1 Å². The normalized spacial score (nSPS) is 10.1. The van der Waals surface area contributed by atoms with Crippen molar-refractivity contribution in [3.63, 3.8) is 0 Å². The molecule has 0 fully saturated rings. The number of nitrogens with zero attached hydrogens (tertiary/aromatic N) is 4. The second kappa shape index (κ2) is 7.73. The monoisotopic (exact) mass is 376 g/mol. The first kappa shape index (κ1) is 18.8. The molecule has 0 atom stereocenters. The Kier molecular flexibility index (Phi) is 5.19. The van der Waals surface area contributed by atoms with E-state index < -0.39 is 17.5 Å². The minimum atomic E-state index is -0.928. The summed E-state index contributed by atoms with van der Waals surface area (Å²) in [7, 11) is 1.55. The van der Waals surface area contributed by atoms with Crippen molar-refractivity contribution < 1.29 is 13.5 Å². The molecule has 0 radical (unpaired) electrons. The Morgan fingerprint density at radius 1 is 0.964 bits per heavy atom. The molecular formula is C21H14F2N4O. The number of hydrogen-bond donors (Lipinski definition) is 0. The largest absolute Gasteiger partial charge is 0.436 e. The molecule has 0 saturated heterocycles. The Bertz CT molecular complexity index is 1130. The van der Waals surface area contributed by atoms with Crippen LogP contribution in [0.2, 0.25) is 0 Å². The predicted octanol–water partition coefficient (Wildman–Crippen LogP) is 4.97. The van der Waals surface area contributed by atoms with Crippen molar-refractivity contribution in [1.82, 2.24) is 4.98 Å². The molecule has 1 aromatic heterocycles. The molecule has 1 heterocycles. The summed E-state index contributed by atoms with van der Waals surface area (Å²) in [6.07, 6.45) is 0. The molecule has 0 bridgehead atoms. The van der Waals surface area contributed by atoms with Crippen LogP contribution in [-0.2, 0) is 0 Å². The first-order valence-electron chi connectivity index (χ1n) is 8.22. The van der Waals surface area contributed by atoms with E-state index in [1.165, 1.54) is 17.9 Å². The number of halogens is 2. The zero-order valence-electron chi connectivity index (χ0n) is 15.1. The number of aromatic nitrogens is 1. The molecule has 3 rings (SSSR count). The summed E-state index contributed by atoms with van der Waals surface area (Å²) in [4.78, 5) is 5.41. The number of rotatable bonds is 4. The van der Waals surface area contributed by atoms with Crippen LogP contribution < -0.4 is 9.64 Å². The van der Waals surface area contributed by atoms with Crippen LogP contribution in [0.5, 0.6) is 11.6 Å². The topological polar surface area (TPSA) is 72.9 Å². The summed E-state index contributed by atoms with van der Waals surface area (Å²) in [6.45, 7) is 1.29. The van der Waals surface area contributed by atoms with E-state index in [1.54, 1.807) is 49.5 Å². The number of pyridine rings is 1. The second-order valence-corrected chi connectivity index (χ2v) is 5.96. The van der Waals surface area contributed by atoms with Crippen LogP contribution in [0.3, 0.4) is 0 Å². The van der Waals surface area contributed by atoms with Crippen LogP contribution in [0.15, 0.2) is 48.5 Å². The maximum Gasteiger partial charge on any atom is 0.258 e. The summed E-state index contributed by atoms with van der Waals surface area (Å²) >= 11 is 0. The number of nitriles is 2. The minimum Gasteiger partial charge on any atom is -0.436 e. The fraction of sp³-hybridized carbons (Fsp3) is 0.0952. The van der Waals surface area contributed by atoms with Gasteiger partial charge < -0.3 is 9.64 Å². The van der Waals surface area contributed by atoms with Crippen LogP contribution in [0, 0.1) is 41.2 Å². The van der Waals surface area contributed by atoms with Crippen molar-refractivity contribution in [3.05, 3.63) is 76.9 Å². The van der Waals surface area contributed by atoms with Crippen LogP contribution in [0.4, 0.5) is 20.3 Å². The van der Waals surface area contributed by atoms with Gasteiger partial charge in [0.2, 0.25) is 0 Å². The lowest BCUT2D eigenvalue weighted by Gasteiger charge is -2.21. The highest BCUT2D eigenvalue weighted by molar-refractivity contribution is 5.63. The molecule has 0 saturated carbocycles. The van der Waals surface area contributed by atoms with Gasteiger partial charge in [-0.05, 0) is 43.3 Å². The molecule has 138 valence electrons. The van der Waals surface area contributed by atoms with E-state index in [0.717, 1.165) is 0 Å². The Hall–Kier alpha value is -3.97. The molecule has 5 nitrogen and oxygen atoms in total. The first-order valence-corrected chi connectivity index (χ1v) is 8.22. The van der Waals surface area contributed by atoms with Crippen molar-refractivity contribution in [3.8, 4) is 23.8 Å². The zero-order chi connectivity index (χ0) is 20.3. The number of hydrogen-bond acceptors (Lipinski definition) is 5. The van der Waals surface area contributed by atoms with Crippen LogP contribution in [-0.4, -0.2) is 12.0 Å². The molecular weight excluding hydrogens is 362 g/mol. The molecule has 0 aliphatic rings. The number of anilines is 2. The number of ether oxygens (including phenoxy) is 1. The molecule has 0 amide bonds. The first-order chi connectivity index (χ1) is 13.4. The lowest BCUT2D eigenvalue weighted by atomic mass is 10.2. The van der Waals surface area contributed by atoms with Crippen molar-refractivity contribution in [1.29, 1.82) is 10.5 Å². The highest BCUT2D eigenvalue weighted by Gasteiger charge is 2.22. The van der Waals surface area contributed by atoms with Crippen molar-refractivity contribution in [2.45, 2.75) is 6.92 Å². The van der Waals surface area contributed by atoms with E-state index in [2.05, 4.69) is 4.98 Å². The Balaban J connectivity index is 2.05. The summed E-state index contributed by atoms with van der Waals surface area (Å²) in [5.74, 6) is -2.12. The van der Waals surface area contributed by atoms with E-state index in [4.69, 9.17) is 15.3 Å². The van der Waals surface area contributed by atoms with E-state index in [1.807, 2.05) is 12.1 Å². The van der Waals surface area contributed by atoms with Crippen LogP contribution in [0.1, 0.15) is 16.7 Å². The van der Waals surface area contributed by atoms with E-state index in [0.29, 0.717) is 16.8 Å². The van der Waals surface area contributed by atoms with E-state index >= 15 is 0 Å². The zero-order valence-corrected chi connectivity index (χ0v) is 15.1. The summed E-state index contributed by atoms with van der Waals surface area (Å²) in [6, 6.07) is 16.6. The quantitative estimate of drug-likeness (QED) is 0.643. The molecule has 0 spiro atoms. The molecule has 2 aromatic carbocycles. The van der Waals surface area contributed by atoms with Gasteiger partial charge in [-0.3, -0.25) is 0 Å². The smallest absolute Gasteiger partial charge is 0.258 e. The molecule has 0 aliphatic carbocycles. The molecule has 0 N–H and O–H groups in total. The van der Waals surface area contributed by atoms with Gasteiger partial charge in [0.1, 0.15) is 5.75 Å². The van der Waals surface area contributed by atoms with Gasteiger partial charge in [0.05, 0.1) is 23.3 Å². The van der Waals surface area contributed by atoms with Gasteiger partial charge >= 0.3 is 0 Å². The third-order valence-electron chi connectivity index (χ3n) is 4.11. The fourth-order valence-electron chi connectivity index (χ4n) is 2.56. The molecule has 7 heteroatoms. The van der Waals surface area contributed by atoms with Gasteiger partial charge in [-0.25, -0.2) is 8.78 Å². The van der Waals surface area contributed by atoms with Gasteiger partial charge in [-0.1, -0.05) is 12.1 Å². The average molecular weight is 376 g/mol. The van der Waals surface area contributed by atoms with Crippen LogP contribution in [0.25, 0.3) is 0 Å². The third-order valence-corrected chi connectivity index (χ3v) is 4.11. The Morgan fingerprint density at radius 3 is 2.29 bits per heavy atom. The third kappa shape index (κ3) is 3.60. The maximum atomic E-state index is 14.7. The standard InChI is InChI=1S/C21H14F2N4O/c1-13-18(22)20(27(2)16-7-3-5-14(9-16)11-24)26-21(19(13)23)28-17-8-4-6-15(10-17)12-25/h3-10H,1-2H3. The molecule has 0 unspecified atom stereocenters. The highest BCUT2D eigenvalue weighted by atomic mass is 19.1. The molecule has 3 aromatic rings.